The van der Waals surface area contributed by atoms with Gasteiger partial charge < -0.3 is 30.1 Å². The van der Waals surface area contributed by atoms with Crippen LogP contribution in [0.3, 0.4) is 0 Å². The Bertz CT molecular complexity index is 1690. The van der Waals surface area contributed by atoms with Gasteiger partial charge in [0.1, 0.15) is 35.1 Å². The van der Waals surface area contributed by atoms with Crippen molar-refractivity contribution in [2.24, 2.45) is 0 Å². The largest absolute Gasteiger partial charge is 0.508 e. The second-order valence-electron chi connectivity index (χ2n) is 16.4. The van der Waals surface area contributed by atoms with Crippen LogP contribution in [-0.4, -0.2) is 63.7 Å². The number of nitrogens with zero attached hydrogens (tertiary/aromatic N) is 1. The third kappa shape index (κ3) is 15.4. The molecule has 0 aromatic heterocycles. The smallest absolute Gasteiger partial charge is 0.408 e. The minimum absolute atomic E-state index is 0.0676. The highest BCUT2D eigenvalue weighted by atomic mass is 16.6. The van der Waals surface area contributed by atoms with Crippen LogP contribution in [0.5, 0.6) is 5.75 Å². The van der Waals surface area contributed by atoms with Crippen molar-refractivity contribution in [2.75, 3.05) is 6.54 Å². The van der Waals surface area contributed by atoms with E-state index in [9.17, 15) is 19.5 Å². The lowest BCUT2D eigenvalue weighted by Crippen LogP contribution is -2.55. The number of nitrogens with one attached hydrogen (secondary N) is 2. The van der Waals surface area contributed by atoms with Gasteiger partial charge in [-0.3, -0.25) is 9.59 Å². The number of benzene rings is 3. The van der Waals surface area contributed by atoms with Gasteiger partial charge in [-0.15, -0.1) is 0 Å². The normalized spacial score (nSPS) is 13.3. The van der Waals surface area contributed by atoms with Crippen molar-refractivity contribution in [3.63, 3.8) is 0 Å². The van der Waals surface area contributed by atoms with Crippen molar-refractivity contribution in [1.29, 1.82) is 0 Å². The molecule has 3 aromatic carbocycles. The third-order valence-electron chi connectivity index (χ3n) is 8.97. The van der Waals surface area contributed by atoms with Gasteiger partial charge in [0.05, 0.1) is 0 Å². The summed E-state index contributed by atoms with van der Waals surface area (Å²) in [6.07, 6.45) is 5.16. The maximum absolute atomic E-state index is 15.1. The molecule has 3 unspecified atom stereocenters. The number of hydrogen-bond acceptors (Lipinski definition) is 7. The minimum Gasteiger partial charge on any atom is -0.508 e. The van der Waals surface area contributed by atoms with E-state index in [0.717, 1.165) is 48.8 Å². The Morgan fingerprint density at radius 2 is 1.29 bits per heavy atom. The van der Waals surface area contributed by atoms with E-state index in [0.29, 0.717) is 17.5 Å². The topological polar surface area (TPSA) is 134 Å². The summed E-state index contributed by atoms with van der Waals surface area (Å²) in [6, 6.07) is 18.2. The van der Waals surface area contributed by atoms with E-state index >= 15 is 4.79 Å². The molecule has 10 nitrogen and oxygen atoms in total. The lowest BCUT2D eigenvalue weighted by molar-refractivity contribution is -0.159. The van der Waals surface area contributed by atoms with E-state index in [1.54, 1.807) is 58.6 Å². The number of amides is 3. The molecule has 3 atom stereocenters. The minimum atomic E-state index is -1.16. The van der Waals surface area contributed by atoms with Crippen molar-refractivity contribution in [3.05, 3.63) is 101 Å². The molecule has 0 spiro atoms. The second-order valence-corrected chi connectivity index (χ2v) is 16.4. The van der Waals surface area contributed by atoms with Crippen molar-refractivity contribution >= 4 is 23.9 Å². The predicted molar refractivity (Wildman–Crippen MR) is 217 cm³/mol. The SMILES string of the molecule is CCCCCCCCN(C(=O)C(Cc1ccc(O)cc1)NC(=O)OC(C)(C)C)C(C(=O)NC(Cc1ccccc1)C(=O)OC(C)(C)C)c1ccc(C)cc1C. The summed E-state index contributed by atoms with van der Waals surface area (Å²) in [5, 5.41) is 15.8. The Morgan fingerprint density at radius 3 is 1.89 bits per heavy atom. The molecule has 0 saturated heterocycles. The van der Waals surface area contributed by atoms with Crippen LogP contribution in [0.25, 0.3) is 0 Å². The van der Waals surface area contributed by atoms with Gasteiger partial charge in [-0.1, -0.05) is 105 Å². The molecule has 3 N–H and O–H groups in total. The van der Waals surface area contributed by atoms with Crippen molar-refractivity contribution in [3.8, 4) is 5.75 Å². The zero-order valence-corrected chi connectivity index (χ0v) is 34.4. The number of hydrogen-bond donors (Lipinski definition) is 3. The van der Waals surface area contributed by atoms with Crippen LogP contribution >= 0.6 is 0 Å². The van der Waals surface area contributed by atoms with E-state index < -0.39 is 53.2 Å². The molecule has 0 bridgehead atoms. The molecule has 300 valence electrons. The molecular weight excluding hydrogens is 695 g/mol. The third-order valence-corrected chi connectivity index (χ3v) is 8.97. The molecular formula is C45H63N3O7. The van der Waals surface area contributed by atoms with Crippen molar-refractivity contribution in [2.45, 2.75) is 143 Å². The highest BCUT2D eigenvalue weighted by Gasteiger charge is 2.39. The van der Waals surface area contributed by atoms with E-state index in [4.69, 9.17) is 9.47 Å². The molecule has 55 heavy (non-hydrogen) atoms. The van der Waals surface area contributed by atoms with Crippen LogP contribution in [0, 0.1) is 13.8 Å². The number of unbranched alkanes of at least 4 members (excludes halogenated alkanes) is 5. The molecule has 0 aliphatic rings. The van der Waals surface area contributed by atoms with Crippen LogP contribution in [0.4, 0.5) is 4.79 Å². The first-order valence-electron chi connectivity index (χ1n) is 19.6. The number of phenolic OH excluding ortho intramolecular Hbond substituents is 1. The van der Waals surface area contributed by atoms with Gasteiger partial charge >= 0.3 is 12.1 Å². The number of phenols is 1. The summed E-state index contributed by atoms with van der Waals surface area (Å²) in [6.45, 7) is 16.8. The van der Waals surface area contributed by atoms with E-state index in [-0.39, 0.29) is 25.1 Å². The standard InChI is InChI=1S/C45H63N3O7/c1-10-11-12-13-14-18-27-48(41(51)37(47-43(53)55-45(7,8)9)29-34-22-24-35(49)25-23-34)39(36-26-21-31(2)28-32(36)3)40(50)46-38(42(52)54-44(4,5)6)30-33-19-16-15-17-20-33/h15-17,19-26,28,37-39,49H,10-14,18,27,29-30H2,1-9H3,(H,46,50)(H,47,53). The summed E-state index contributed by atoms with van der Waals surface area (Å²) in [5.74, 6) is -1.55. The Balaban J connectivity index is 2.16. The summed E-state index contributed by atoms with van der Waals surface area (Å²) in [5.41, 5.74) is 2.27. The number of carbonyl (C=O) groups is 4. The average Bonchev–Trinajstić information content (AvgIpc) is 3.09. The number of ether oxygens (including phenoxy) is 2. The number of aromatic hydroxyl groups is 1. The fourth-order valence-electron chi connectivity index (χ4n) is 6.40. The highest BCUT2D eigenvalue weighted by molar-refractivity contribution is 5.94. The maximum atomic E-state index is 15.1. The monoisotopic (exact) mass is 757 g/mol. The molecule has 0 aliphatic carbocycles. The van der Waals surface area contributed by atoms with Crippen molar-refractivity contribution < 1.29 is 33.8 Å². The number of carbonyl (C=O) groups excluding carboxylic acids is 4. The molecule has 10 heteroatoms. The highest BCUT2D eigenvalue weighted by Crippen LogP contribution is 2.29. The molecule has 0 saturated carbocycles. The van der Waals surface area contributed by atoms with Crippen LogP contribution in [0.1, 0.15) is 121 Å². The molecule has 0 fully saturated rings. The number of esters is 1. The molecule has 0 aliphatic heterocycles. The van der Waals surface area contributed by atoms with Gasteiger partial charge in [-0.2, -0.15) is 0 Å². The lowest BCUT2D eigenvalue weighted by atomic mass is 9.94. The Labute approximate surface area is 328 Å². The Hall–Kier alpha value is -4.86. The summed E-state index contributed by atoms with van der Waals surface area (Å²) in [7, 11) is 0. The molecule has 3 rings (SSSR count). The van der Waals surface area contributed by atoms with Gasteiger partial charge in [0.25, 0.3) is 0 Å². The van der Waals surface area contributed by atoms with Crippen molar-refractivity contribution in [1.82, 2.24) is 15.5 Å². The lowest BCUT2D eigenvalue weighted by Gasteiger charge is -2.36. The van der Waals surface area contributed by atoms with Crippen LogP contribution in [0.15, 0.2) is 72.8 Å². The van der Waals surface area contributed by atoms with Gasteiger partial charge in [-0.25, -0.2) is 9.59 Å². The first-order valence-corrected chi connectivity index (χ1v) is 19.6. The zero-order chi connectivity index (χ0) is 40.8. The molecule has 3 aromatic rings. The fraction of sp³-hybridized carbons (Fsp3) is 0.511. The first-order chi connectivity index (χ1) is 25.9. The van der Waals surface area contributed by atoms with Gasteiger partial charge in [0.2, 0.25) is 11.8 Å². The number of rotatable bonds is 18. The maximum Gasteiger partial charge on any atom is 0.408 e. The average molecular weight is 758 g/mol. The predicted octanol–water partition coefficient (Wildman–Crippen LogP) is 8.44. The van der Waals surface area contributed by atoms with E-state index in [2.05, 4.69) is 17.6 Å². The fourth-order valence-corrected chi connectivity index (χ4v) is 6.40. The molecule has 0 radical (unpaired) electrons. The second kappa shape index (κ2) is 20.7. The van der Waals surface area contributed by atoms with Crippen LogP contribution in [-0.2, 0) is 36.7 Å². The Morgan fingerprint density at radius 1 is 0.709 bits per heavy atom. The summed E-state index contributed by atoms with van der Waals surface area (Å²) in [4.78, 5) is 58.6. The number of alkyl carbamates (subject to hydrolysis) is 1. The summed E-state index contributed by atoms with van der Waals surface area (Å²) >= 11 is 0. The quantitative estimate of drug-likeness (QED) is 0.0876. The number of aryl methyl sites for hydroxylation is 2. The zero-order valence-electron chi connectivity index (χ0n) is 34.4. The van der Waals surface area contributed by atoms with Gasteiger partial charge in [0, 0.05) is 19.4 Å². The molecule has 0 heterocycles. The van der Waals surface area contributed by atoms with E-state index in [1.165, 1.54) is 12.1 Å². The summed E-state index contributed by atoms with van der Waals surface area (Å²) < 4.78 is 11.4. The Kier molecular flexibility index (Phi) is 16.8. The van der Waals surface area contributed by atoms with Crippen LogP contribution in [0.2, 0.25) is 0 Å². The van der Waals surface area contributed by atoms with Gasteiger partial charge in [0.15, 0.2) is 0 Å². The van der Waals surface area contributed by atoms with E-state index in [1.807, 2.05) is 62.4 Å². The molecule has 3 amide bonds. The first kappa shape index (κ1) is 44.5. The van der Waals surface area contributed by atoms with Gasteiger partial charge in [-0.05, 0) is 96.2 Å². The van der Waals surface area contributed by atoms with Crippen LogP contribution < -0.4 is 10.6 Å².